The van der Waals surface area contributed by atoms with Crippen molar-refractivity contribution in [1.29, 1.82) is 0 Å². The summed E-state index contributed by atoms with van der Waals surface area (Å²) in [6.45, 7) is 5.63. The highest BCUT2D eigenvalue weighted by molar-refractivity contribution is 6.42. The second-order valence-corrected chi connectivity index (χ2v) is 6.56. The third-order valence-corrected chi connectivity index (χ3v) is 4.80. The Bertz CT molecular complexity index is 841. The molecule has 3 aromatic rings. The van der Waals surface area contributed by atoms with E-state index >= 15 is 0 Å². The van der Waals surface area contributed by atoms with Crippen LogP contribution in [-0.4, -0.2) is 9.78 Å². The van der Waals surface area contributed by atoms with Crippen molar-refractivity contribution in [2.24, 2.45) is 0 Å². The largest absolute Gasteiger partial charge is 0.308 e. The smallest absolute Gasteiger partial charge is 0.0648 e. The van der Waals surface area contributed by atoms with Gasteiger partial charge in [-0.3, -0.25) is 0 Å². The molecule has 0 fully saturated rings. The van der Waals surface area contributed by atoms with E-state index in [0.717, 1.165) is 35.7 Å². The lowest BCUT2D eigenvalue weighted by Gasteiger charge is -2.08. The lowest BCUT2D eigenvalue weighted by molar-refractivity contribution is 0.687. The van der Waals surface area contributed by atoms with Gasteiger partial charge < -0.3 is 5.32 Å². The number of hydrogen-bond acceptors (Lipinski definition) is 2. The maximum Gasteiger partial charge on any atom is 0.0648 e. The Morgan fingerprint density at radius 2 is 1.71 bits per heavy atom. The van der Waals surface area contributed by atoms with Gasteiger partial charge in [-0.05, 0) is 43.7 Å². The van der Waals surface area contributed by atoms with Crippen molar-refractivity contribution in [3.8, 4) is 5.69 Å². The van der Waals surface area contributed by atoms with Crippen LogP contribution in [0.1, 0.15) is 22.5 Å². The minimum Gasteiger partial charge on any atom is -0.308 e. The van der Waals surface area contributed by atoms with Gasteiger partial charge in [0.2, 0.25) is 0 Å². The maximum atomic E-state index is 6.06. The summed E-state index contributed by atoms with van der Waals surface area (Å²) in [5.41, 5.74) is 5.60. The Morgan fingerprint density at radius 1 is 0.958 bits per heavy atom. The molecule has 0 aliphatic rings. The molecule has 2 aromatic carbocycles. The Balaban J connectivity index is 1.71. The number of halogens is 2. The fourth-order valence-corrected chi connectivity index (χ4v) is 3.05. The molecule has 24 heavy (non-hydrogen) atoms. The molecule has 0 bridgehead atoms. The summed E-state index contributed by atoms with van der Waals surface area (Å²) in [5.74, 6) is 0. The van der Waals surface area contributed by atoms with Gasteiger partial charge in [-0.25, -0.2) is 4.68 Å². The highest BCUT2D eigenvalue weighted by Gasteiger charge is 2.12. The SMILES string of the molecule is Cc1nn(-c2ccccc2)c(C)c1CNCc1ccc(Cl)c(Cl)c1. The first-order chi connectivity index (χ1) is 11.6. The molecule has 0 unspecified atom stereocenters. The minimum absolute atomic E-state index is 0.580. The maximum absolute atomic E-state index is 6.06. The van der Waals surface area contributed by atoms with Gasteiger partial charge in [0.05, 0.1) is 21.4 Å². The van der Waals surface area contributed by atoms with Crippen LogP contribution < -0.4 is 5.32 Å². The van der Waals surface area contributed by atoms with E-state index in [0.29, 0.717) is 10.0 Å². The van der Waals surface area contributed by atoms with E-state index in [1.165, 1.54) is 5.56 Å². The van der Waals surface area contributed by atoms with Gasteiger partial charge >= 0.3 is 0 Å². The summed E-state index contributed by atoms with van der Waals surface area (Å²) in [6.07, 6.45) is 0. The monoisotopic (exact) mass is 359 g/mol. The van der Waals surface area contributed by atoms with Gasteiger partial charge in [0, 0.05) is 24.3 Å². The van der Waals surface area contributed by atoms with Crippen molar-refractivity contribution in [3.63, 3.8) is 0 Å². The predicted octanol–water partition coefficient (Wildman–Crippen LogP) is 5.09. The number of nitrogens with zero attached hydrogens (tertiary/aromatic N) is 2. The van der Waals surface area contributed by atoms with Gasteiger partial charge in [-0.15, -0.1) is 0 Å². The molecule has 0 saturated heterocycles. The van der Waals surface area contributed by atoms with E-state index in [1.54, 1.807) is 0 Å². The Morgan fingerprint density at radius 3 is 2.42 bits per heavy atom. The second kappa shape index (κ2) is 7.39. The molecule has 1 aromatic heterocycles. The van der Waals surface area contributed by atoms with Crippen molar-refractivity contribution in [3.05, 3.63) is 81.1 Å². The first-order valence-corrected chi connectivity index (χ1v) is 8.57. The Hall–Kier alpha value is -1.81. The van der Waals surface area contributed by atoms with Crippen LogP contribution in [0.25, 0.3) is 5.69 Å². The van der Waals surface area contributed by atoms with Gasteiger partial charge in [0.1, 0.15) is 0 Å². The summed E-state index contributed by atoms with van der Waals surface area (Å²) in [4.78, 5) is 0. The molecule has 3 nitrogen and oxygen atoms in total. The molecule has 0 aliphatic carbocycles. The Kier molecular flexibility index (Phi) is 5.24. The third-order valence-electron chi connectivity index (χ3n) is 4.06. The molecular weight excluding hydrogens is 341 g/mol. The fraction of sp³-hybridized carbons (Fsp3) is 0.211. The quantitative estimate of drug-likeness (QED) is 0.687. The van der Waals surface area contributed by atoms with E-state index in [2.05, 4.69) is 29.5 Å². The van der Waals surface area contributed by atoms with E-state index in [4.69, 9.17) is 23.2 Å². The van der Waals surface area contributed by atoms with E-state index < -0.39 is 0 Å². The number of benzene rings is 2. The third kappa shape index (κ3) is 3.64. The van der Waals surface area contributed by atoms with Crippen LogP contribution in [0.5, 0.6) is 0 Å². The normalized spacial score (nSPS) is 11.0. The molecule has 3 rings (SSSR count). The average Bonchev–Trinajstić information content (AvgIpc) is 2.87. The molecule has 0 saturated carbocycles. The topological polar surface area (TPSA) is 29.9 Å². The van der Waals surface area contributed by atoms with E-state index in [-0.39, 0.29) is 0 Å². The van der Waals surface area contributed by atoms with Crippen LogP contribution in [-0.2, 0) is 13.1 Å². The standard InChI is InChI=1S/C19H19Cl2N3/c1-13-17(12-22-11-15-8-9-18(20)19(21)10-15)14(2)24(23-13)16-6-4-3-5-7-16/h3-10,22H,11-12H2,1-2H3. The zero-order valence-electron chi connectivity index (χ0n) is 13.7. The molecule has 0 spiro atoms. The summed E-state index contributed by atoms with van der Waals surface area (Å²) in [6, 6.07) is 15.9. The number of nitrogens with one attached hydrogen (secondary N) is 1. The molecule has 0 aliphatic heterocycles. The van der Waals surface area contributed by atoms with Gasteiger partial charge in [-0.2, -0.15) is 5.10 Å². The number of aromatic nitrogens is 2. The molecule has 1 N–H and O–H groups in total. The minimum atomic E-state index is 0.580. The zero-order chi connectivity index (χ0) is 17.1. The number of rotatable bonds is 5. The molecule has 124 valence electrons. The van der Waals surface area contributed by atoms with Crippen molar-refractivity contribution in [2.45, 2.75) is 26.9 Å². The summed E-state index contributed by atoms with van der Waals surface area (Å²) in [5, 5.41) is 9.29. The van der Waals surface area contributed by atoms with Crippen LogP contribution in [0.3, 0.4) is 0 Å². The number of aryl methyl sites for hydroxylation is 1. The van der Waals surface area contributed by atoms with E-state index in [1.807, 2.05) is 48.0 Å². The molecule has 5 heteroatoms. The number of hydrogen-bond donors (Lipinski definition) is 1. The number of para-hydroxylation sites is 1. The van der Waals surface area contributed by atoms with Crippen molar-refractivity contribution in [1.82, 2.24) is 15.1 Å². The molecular formula is C19H19Cl2N3. The van der Waals surface area contributed by atoms with Gasteiger partial charge in [0.25, 0.3) is 0 Å². The lowest BCUT2D eigenvalue weighted by Crippen LogP contribution is -2.14. The first-order valence-electron chi connectivity index (χ1n) is 7.81. The summed E-state index contributed by atoms with van der Waals surface area (Å²) >= 11 is 12.0. The van der Waals surface area contributed by atoms with Crippen LogP contribution in [0.2, 0.25) is 10.0 Å². The van der Waals surface area contributed by atoms with Crippen molar-refractivity contribution < 1.29 is 0 Å². The second-order valence-electron chi connectivity index (χ2n) is 5.75. The fourth-order valence-electron chi connectivity index (χ4n) is 2.73. The molecule has 1 heterocycles. The van der Waals surface area contributed by atoms with Crippen LogP contribution in [0.15, 0.2) is 48.5 Å². The van der Waals surface area contributed by atoms with Crippen LogP contribution >= 0.6 is 23.2 Å². The summed E-state index contributed by atoms with van der Waals surface area (Å²) < 4.78 is 1.99. The van der Waals surface area contributed by atoms with E-state index in [9.17, 15) is 0 Å². The van der Waals surface area contributed by atoms with Crippen molar-refractivity contribution in [2.75, 3.05) is 0 Å². The van der Waals surface area contributed by atoms with Crippen molar-refractivity contribution >= 4 is 23.2 Å². The predicted molar refractivity (Wildman–Crippen MR) is 100 cm³/mol. The highest BCUT2D eigenvalue weighted by Crippen LogP contribution is 2.23. The molecule has 0 amide bonds. The van der Waals surface area contributed by atoms with Crippen LogP contribution in [0, 0.1) is 13.8 Å². The van der Waals surface area contributed by atoms with Crippen LogP contribution in [0.4, 0.5) is 0 Å². The highest BCUT2D eigenvalue weighted by atomic mass is 35.5. The zero-order valence-corrected chi connectivity index (χ0v) is 15.2. The average molecular weight is 360 g/mol. The van der Waals surface area contributed by atoms with Gasteiger partial charge in [0.15, 0.2) is 0 Å². The van der Waals surface area contributed by atoms with Gasteiger partial charge in [-0.1, -0.05) is 47.5 Å². The summed E-state index contributed by atoms with van der Waals surface area (Å²) in [7, 11) is 0. The Labute approximate surface area is 152 Å². The molecule has 0 radical (unpaired) electrons. The lowest BCUT2D eigenvalue weighted by atomic mass is 10.2. The molecule has 0 atom stereocenters. The first kappa shape index (κ1) is 17.0.